The van der Waals surface area contributed by atoms with E-state index >= 15 is 0 Å². The van der Waals surface area contributed by atoms with Gasteiger partial charge in [-0.3, -0.25) is 4.90 Å². The first-order chi connectivity index (χ1) is 7.81. The Morgan fingerprint density at radius 3 is 2.56 bits per heavy atom. The van der Waals surface area contributed by atoms with Crippen LogP contribution >= 0.6 is 0 Å². The van der Waals surface area contributed by atoms with E-state index in [0.717, 1.165) is 19.5 Å². The molecule has 0 amide bonds. The average molecular weight is 216 g/mol. The Kier molecular flexibility index (Phi) is 5.63. The monoisotopic (exact) mass is 216 g/mol. The van der Waals surface area contributed by atoms with Gasteiger partial charge in [-0.25, -0.2) is 0 Å². The summed E-state index contributed by atoms with van der Waals surface area (Å²) >= 11 is 0. The fourth-order valence-electron chi connectivity index (χ4n) is 1.76. The summed E-state index contributed by atoms with van der Waals surface area (Å²) in [5.74, 6) is 2.69. The van der Waals surface area contributed by atoms with Crippen molar-refractivity contribution < 1.29 is 0 Å². The predicted octanol–water partition coefficient (Wildman–Crippen LogP) is 1.64. The zero-order valence-electron chi connectivity index (χ0n) is 9.95. The van der Waals surface area contributed by atoms with Crippen LogP contribution in [0.5, 0.6) is 0 Å². The lowest BCUT2D eigenvalue weighted by Crippen LogP contribution is -2.24. The first-order valence-corrected chi connectivity index (χ1v) is 5.74. The molecule has 0 atom stereocenters. The molecule has 0 radical (unpaired) electrons. The van der Waals surface area contributed by atoms with E-state index in [4.69, 9.17) is 12.2 Å². The number of benzene rings is 1. The quantitative estimate of drug-likeness (QED) is 0.733. The molecular weight excluding hydrogens is 196 g/mol. The van der Waals surface area contributed by atoms with Gasteiger partial charge in [0.05, 0.1) is 6.54 Å². The molecule has 1 rings (SSSR count). The molecule has 0 unspecified atom stereocenters. The van der Waals surface area contributed by atoms with Crippen molar-refractivity contribution in [1.82, 2.24) is 4.90 Å². The van der Waals surface area contributed by atoms with Crippen LogP contribution in [-0.4, -0.2) is 24.5 Å². The highest BCUT2D eigenvalue weighted by molar-refractivity contribution is 5.27. The van der Waals surface area contributed by atoms with Crippen LogP contribution in [0.2, 0.25) is 0 Å². The summed E-state index contributed by atoms with van der Waals surface area (Å²) in [6, 6.07) is 8.43. The maximum atomic E-state index is 5.61. The van der Waals surface area contributed by atoms with Crippen molar-refractivity contribution in [2.45, 2.75) is 19.9 Å². The maximum Gasteiger partial charge on any atom is 0.0601 e. The molecule has 2 heteroatoms. The Labute approximate surface area is 98.4 Å². The van der Waals surface area contributed by atoms with Crippen molar-refractivity contribution in [2.24, 2.45) is 5.73 Å². The highest BCUT2D eigenvalue weighted by Gasteiger charge is 2.05. The van der Waals surface area contributed by atoms with Gasteiger partial charge in [0.1, 0.15) is 0 Å². The molecule has 2 N–H and O–H groups in total. The number of hydrogen-bond acceptors (Lipinski definition) is 2. The normalized spacial score (nSPS) is 10.4. The van der Waals surface area contributed by atoms with Crippen LogP contribution in [0.15, 0.2) is 24.3 Å². The maximum absolute atomic E-state index is 5.61. The van der Waals surface area contributed by atoms with Gasteiger partial charge in [0.2, 0.25) is 0 Å². The van der Waals surface area contributed by atoms with Gasteiger partial charge in [0.25, 0.3) is 0 Å². The van der Waals surface area contributed by atoms with Crippen molar-refractivity contribution >= 4 is 0 Å². The molecule has 2 nitrogen and oxygen atoms in total. The minimum atomic E-state index is 0.693. The largest absolute Gasteiger partial charge is 0.330 e. The van der Waals surface area contributed by atoms with Crippen LogP contribution in [0.1, 0.15) is 18.1 Å². The Bertz CT molecular complexity index is 352. The summed E-state index contributed by atoms with van der Waals surface area (Å²) in [6.45, 7) is 5.41. The molecule has 0 fully saturated rings. The molecule has 86 valence electrons. The molecule has 0 aromatic heterocycles. The van der Waals surface area contributed by atoms with E-state index in [-0.39, 0.29) is 0 Å². The van der Waals surface area contributed by atoms with E-state index in [2.05, 4.69) is 42.0 Å². The van der Waals surface area contributed by atoms with Gasteiger partial charge in [-0.2, -0.15) is 0 Å². The van der Waals surface area contributed by atoms with Gasteiger partial charge in [-0.1, -0.05) is 37.1 Å². The zero-order valence-corrected chi connectivity index (χ0v) is 9.95. The second-order valence-electron chi connectivity index (χ2n) is 3.81. The fraction of sp³-hybridized carbons (Fsp3) is 0.429. The summed E-state index contributed by atoms with van der Waals surface area (Å²) in [6.07, 6.45) is 6.28. The summed E-state index contributed by atoms with van der Waals surface area (Å²) in [7, 11) is 0. The Hall–Kier alpha value is -1.30. The minimum Gasteiger partial charge on any atom is -0.330 e. The Morgan fingerprint density at radius 2 is 2.00 bits per heavy atom. The summed E-state index contributed by atoms with van der Waals surface area (Å²) in [5, 5.41) is 0. The SMILES string of the molecule is C#CCN(CC)Cc1ccccc1CCN. The fourth-order valence-corrected chi connectivity index (χ4v) is 1.76. The molecule has 1 aromatic carbocycles. The second kappa shape index (κ2) is 7.05. The Morgan fingerprint density at radius 1 is 1.31 bits per heavy atom. The first-order valence-electron chi connectivity index (χ1n) is 5.74. The van der Waals surface area contributed by atoms with Crippen LogP contribution in [0.3, 0.4) is 0 Å². The molecule has 0 saturated heterocycles. The molecule has 16 heavy (non-hydrogen) atoms. The second-order valence-corrected chi connectivity index (χ2v) is 3.81. The van der Waals surface area contributed by atoms with Gasteiger partial charge in [-0.05, 0) is 30.6 Å². The molecule has 0 aliphatic carbocycles. The lowest BCUT2D eigenvalue weighted by molar-refractivity contribution is 0.315. The molecule has 0 spiro atoms. The van der Waals surface area contributed by atoms with E-state index in [1.807, 2.05) is 0 Å². The third-order valence-corrected chi connectivity index (χ3v) is 2.69. The van der Waals surface area contributed by atoms with E-state index in [1.54, 1.807) is 0 Å². The smallest absolute Gasteiger partial charge is 0.0601 e. The summed E-state index contributed by atoms with van der Waals surface area (Å²) in [5.41, 5.74) is 8.28. The lowest BCUT2D eigenvalue weighted by Gasteiger charge is -2.19. The molecule has 0 aliphatic heterocycles. The van der Waals surface area contributed by atoms with E-state index < -0.39 is 0 Å². The minimum absolute atomic E-state index is 0.693. The number of nitrogens with zero attached hydrogens (tertiary/aromatic N) is 1. The van der Waals surface area contributed by atoms with Crippen LogP contribution < -0.4 is 5.73 Å². The van der Waals surface area contributed by atoms with Gasteiger partial charge >= 0.3 is 0 Å². The lowest BCUT2D eigenvalue weighted by atomic mass is 10.0. The van der Waals surface area contributed by atoms with Gasteiger partial charge in [0.15, 0.2) is 0 Å². The standard InChI is InChI=1S/C14H20N2/c1-3-11-16(4-2)12-14-8-6-5-7-13(14)9-10-15/h1,5-8H,4,9-12,15H2,2H3. The number of terminal acetylenes is 1. The van der Waals surface area contributed by atoms with E-state index in [9.17, 15) is 0 Å². The molecule has 0 heterocycles. The van der Waals surface area contributed by atoms with Crippen molar-refractivity contribution in [3.63, 3.8) is 0 Å². The molecule has 0 saturated carbocycles. The van der Waals surface area contributed by atoms with Crippen LogP contribution in [-0.2, 0) is 13.0 Å². The average Bonchev–Trinajstić information content (AvgIpc) is 2.31. The molecular formula is C14H20N2. The molecule has 0 bridgehead atoms. The summed E-state index contributed by atoms with van der Waals surface area (Å²) < 4.78 is 0. The highest BCUT2D eigenvalue weighted by Crippen LogP contribution is 2.11. The zero-order chi connectivity index (χ0) is 11.8. The molecule has 1 aromatic rings. The van der Waals surface area contributed by atoms with E-state index in [1.165, 1.54) is 11.1 Å². The number of hydrogen-bond donors (Lipinski definition) is 1. The topological polar surface area (TPSA) is 29.3 Å². The third-order valence-electron chi connectivity index (χ3n) is 2.69. The van der Waals surface area contributed by atoms with Crippen molar-refractivity contribution in [1.29, 1.82) is 0 Å². The van der Waals surface area contributed by atoms with Crippen molar-refractivity contribution in [3.05, 3.63) is 35.4 Å². The number of nitrogens with two attached hydrogens (primary N) is 1. The van der Waals surface area contributed by atoms with Gasteiger partial charge in [0, 0.05) is 6.54 Å². The Balaban J connectivity index is 2.74. The number of rotatable bonds is 6. The van der Waals surface area contributed by atoms with Gasteiger partial charge in [-0.15, -0.1) is 6.42 Å². The van der Waals surface area contributed by atoms with Crippen molar-refractivity contribution in [2.75, 3.05) is 19.6 Å². The van der Waals surface area contributed by atoms with Gasteiger partial charge < -0.3 is 5.73 Å². The van der Waals surface area contributed by atoms with Crippen LogP contribution in [0.4, 0.5) is 0 Å². The van der Waals surface area contributed by atoms with Crippen LogP contribution in [0, 0.1) is 12.3 Å². The summed E-state index contributed by atoms with van der Waals surface area (Å²) in [4.78, 5) is 2.25. The third kappa shape index (κ3) is 3.69. The highest BCUT2D eigenvalue weighted by atomic mass is 15.1. The van der Waals surface area contributed by atoms with Crippen LogP contribution in [0.25, 0.3) is 0 Å². The first kappa shape index (κ1) is 12.8. The predicted molar refractivity (Wildman–Crippen MR) is 69.0 cm³/mol. The van der Waals surface area contributed by atoms with E-state index in [0.29, 0.717) is 13.1 Å². The molecule has 0 aliphatic rings. The van der Waals surface area contributed by atoms with Crippen molar-refractivity contribution in [3.8, 4) is 12.3 Å².